The summed E-state index contributed by atoms with van der Waals surface area (Å²) in [7, 11) is 1.36. The van der Waals surface area contributed by atoms with Crippen LogP contribution in [0.15, 0.2) is 24.3 Å². The van der Waals surface area contributed by atoms with E-state index in [1.165, 1.54) is 13.2 Å². The first-order chi connectivity index (χ1) is 19.0. The Bertz CT molecular complexity index is 732. The number of ether oxygens (including phenoxy) is 5. The predicted molar refractivity (Wildman–Crippen MR) is 148 cm³/mol. The molecule has 0 amide bonds. The van der Waals surface area contributed by atoms with Gasteiger partial charge in [0.2, 0.25) is 0 Å². The van der Waals surface area contributed by atoms with E-state index in [4.69, 9.17) is 18.9 Å². The lowest BCUT2D eigenvalue weighted by Gasteiger charge is -2.30. The van der Waals surface area contributed by atoms with Gasteiger partial charge in [-0.05, 0) is 57.8 Å². The molecular formula is C31H51FO7. The summed E-state index contributed by atoms with van der Waals surface area (Å²) in [5.74, 6) is -1.21. The number of alkyl halides is 1. The van der Waals surface area contributed by atoms with Gasteiger partial charge >= 0.3 is 5.97 Å². The Kier molecular flexibility index (Phi) is 15.0. The summed E-state index contributed by atoms with van der Waals surface area (Å²) in [4.78, 5) is 11.3. The van der Waals surface area contributed by atoms with E-state index in [1.54, 1.807) is 6.08 Å². The van der Waals surface area contributed by atoms with E-state index in [0.717, 1.165) is 70.8 Å². The molecule has 3 fully saturated rings. The lowest BCUT2D eigenvalue weighted by molar-refractivity contribution is -0.193. The Morgan fingerprint density at radius 1 is 1.05 bits per heavy atom. The van der Waals surface area contributed by atoms with Gasteiger partial charge in [-0.1, -0.05) is 50.5 Å². The Morgan fingerprint density at radius 3 is 2.46 bits per heavy atom. The summed E-state index contributed by atoms with van der Waals surface area (Å²) in [6.45, 7) is 3.57. The van der Waals surface area contributed by atoms with Crippen molar-refractivity contribution in [2.75, 3.05) is 20.3 Å². The van der Waals surface area contributed by atoms with Crippen LogP contribution in [0.2, 0.25) is 0 Å². The first-order valence-corrected chi connectivity index (χ1v) is 15.3. The number of rotatable bonds is 16. The molecule has 7 nitrogen and oxygen atoms in total. The van der Waals surface area contributed by atoms with Crippen LogP contribution in [0.25, 0.3) is 0 Å². The van der Waals surface area contributed by atoms with Gasteiger partial charge in [0.15, 0.2) is 12.6 Å². The van der Waals surface area contributed by atoms with Crippen LogP contribution in [0.4, 0.5) is 4.39 Å². The largest absolute Gasteiger partial charge is 0.469 e. The zero-order chi connectivity index (χ0) is 27.9. The normalized spacial score (nSPS) is 31.6. The average Bonchev–Trinajstić information content (AvgIpc) is 3.26. The number of unbranched alkanes of at least 4 members (excludes halogenated alkanes) is 3. The van der Waals surface area contributed by atoms with Gasteiger partial charge in [0, 0.05) is 37.9 Å². The minimum Gasteiger partial charge on any atom is -0.469 e. The van der Waals surface area contributed by atoms with Gasteiger partial charge in [-0.15, -0.1) is 0 Å². The lowest BCUT2D eigenvalue weighted by Crippen LogP contribution is -2.33. The summed E-state index contributed by atoms with van der Waals surface area (Å²) in [6.07, 6.45) is 16.1. The van der Waals surface area contributed by atoms with Crippen LogP contribution < -0.4 is 0 Å². The summed E-state index contributed by atoms with van der Waals surface area (Å²) in [5.41, 5.74) is 0. The molecule has 3 aliphatic rings. The quantitative estimate of drug-likeness (QED) is 0.139. The Labute approximate surface area is 234 Å². The molecule has 0 radical (unpaired) electrons. The van der Waals surface area contributed by atoms with E-state index in [0.29, 0.717) is 32.3 Å². The highest BCUT2D eigenvalue weighted by Crippen LogP contribution is 2.41. The summed E-state index contributed by atoms with van der Waals surface area (Å²) >= 11 is 0. The number of carbonyl (C=O) groups excluding carboxylic acids is 1. The molecule has 0 aromatic carbocycles. The van der Waals surface area contributed by atoms with Crippen LogP contribution in [-0.4, -0.2) is 68.5 Å². The number of esters is 1. The molecule has 0 aromatic heterocycles. The predicted octanol–water partition coefficient (Wildman–Crippen LogP) is 6.18. The van der Waals surface area contributed by atoms with E-state index in [2.05, 4.69) is 11.7 Å². The zero-order valence-corrected chi connectivity index (χ0v) is 24.0. The van der Waals surface area contributed by atoms with Crippen LogP contribution in [0, 0.1) is 11.8 Å². The second kappa shape index (κ2) is 18.2. The van der Waals surface area contributed by atoms with Crippen LogP contribution in [0.1, 0.15) is 96.8 Å². The molecule has 8 atom stereocenters. The standard InChI is InChI=1S/C31H51FO7/c1-3-4-6-13-23(38-29-16-9-11-20-36-29)18-19-24-27(39-30-17-10-12-21-37-30)22-26(33)31(24)25(32)14-7-5-8-15-28(34)35-2/h7,14,18-19,23-27,29-31,33H,3-6,8-13,15-17,20-22H2,1-2H3/b14-7-,19-18+/t23-,24-,25?,26-,27+,29?,30?,31-/m0/s1. The topological polar surface area (TPSA) is 83.5 Å². The number of hydrogen-bond acceptors (Lipinski definition) is 7. The Morgan fingerprint density at radius 2 is 1.79 bits per heavy atom. The van der Waals surface area contributed by atoms with Crippen LogP contribution >= 0.6 is 0 Å². The van der Waals surface area contributed by atoms with Crippen molar-refractivity contribution in [2.45, 2.75) is 134 Å². The second-order valence-electron chi connectivity index (χ2n) is 11.1. The molecule has 2 aliphatic heterocycles. The lowest BCUT2D eigenvalue weighted by atomic mass is 9.88. The van der Waals surface area contributed by atoms with Gasteiger partial charge in [-0.2, -0.15) is 0 Å². The SMILES string of the molecule is CCCCC[C@@H](/C=C/[C@@H]1[C@@H](C(F)/C=C\CCCC(=O)OC)[C@@H](O)C[C@H]1OC1CCCCO1)OC1CCCCO1. The zero-order valence-electron chi connectivity index (χ0n) is 24.0. The van der Waals surface area contributed by atoms with Crippen molar-refractivity contribution in [1.82, 2.24) is 0 Å². The molecule has 0 aromatic rings. The highest BCUT2D eigenvalue weighted by Gasteiger charge is 2.46. The molecule has 224 valence electrons. The first-order valence-electron chi connectivity index (χ1n) is 15.3. The minimum atomic E-state index is -1.34. The van der Waals surface area contributed by atoms with Crippen molar-refractivity contribution in [3.63, 3.8) is 0 Å². The summed E-state index contributed by atoms with van der Waals surface area (Å²) < 4.78 is 44.6. The van der Waals surface area contributed by atoms with Crippen molar-refractivity contribution >= 4 is 5.97 Å². The number of methoxy groups -OCH3 is 1. The fourth-order valence-corrected chi connectivity index (χ4v) is 5.78. The molecule has 2 heterocycles. The smallest absolute Gasteiger partial charge is 0.305 e. The first kappa shape index (κ1) is 32.2. The third kappa shape index (κ3) is 11.2. The van der Waals surface area contributed by atoms with E-state index < -0.39 is 18.2 Å². The number of carbonyl (C=O) groups is 1. The molecule has 1 saturated carbocycles. The van der Waals surface area contributed by atoms with Crippen molar-refractivity contribution in [3.05, 3.63) is 24.3 Å². The van der Waals surface area contributed by atoms with Gasteiger partial charge < -0.3 is 28.8 Å². The third-order valence-corrected chi connectivity index (χ3v) is 8.03. The monoisotopic (exact) mass is 554 g/mol. The molecule has 1 N–H and O–H groups in total. The summed E-state index contributed by atoms with van der Waals surface area (Å²) in [5, 5.41) is 11.0. The Balaban J connectivity index is 1.70. The van der Waals surface area contributed by atoms with Crippen molar-refractivity contribution in [3.8, 4) is 0 Å². The van der Waals surface area contributed by atoms with E-state index >= 15 is 4.39 Å². The van der Waals surface area contributed by atoms with Crippen LogP contribution in [-0.2, 0) is 28.5 Å². The molecule has 1 aliphatic carbocycles. The molecule has 39 heavy (non-hydrogen) atoms. The molecular weight excluding hydrogens is 503 g/mol. The maximum Gasteiger partial charge on any atom is 0.305 e. The minimum absolute atomic E-state index is 0.128. The molecule has 0 spiro atoms. The maximum absolute atomic E-state index is 15.6. The maximum atomic E-state index is 15.6. The van der Waals surface area contributed by atoms with Gasteiger partial charge in [0.25, 0.3) is 0 Å². The number of aliphatic hydroxyl groups is 1. The molecule has 8 heteroatoms. The molecule has 0 bridgehead atoms. The fraction of sp³-hybridized carbons (Fsp3) is 0.839. The highest BCUT2D eigenvalue weighted by atomic mass is 19.1. The summed E-state index contributed by atoms with van der Waals surface area (Å²) in [6, 6.07) is 0. The molecule has 3 rings (SSSR count). The van der Waals surface area contributed by atoms with Crippen LogP contribution in [0.3, 0.4) is 0 Å². The van der Waals surface area contributed by atoms with E-state index in [-0.39, 0.29) is 36.7 Å². The fourth-order valence-electron chi connectivity index (χ4n) is 5.78. The van der Waals surface area contributed by atoms with Crippen LogP contribution in [0.5, 0.6) is 0 Å². The number of hydrogen-bond donors (Lipinski definition) is 1. The van der Waals surface area contributed by atoms with Gasteiger partial charge in [-0.3, -0.25) is 4.79 Å². The molecule has 3 unspecified atom stereocenters. The van der Waals surface area contributed by atoms with Crippen molar-refractivity contribution in [1.29, 1.82) is 0 Å². The third-order valence-electron chi connectivity index (χ3n) is 8.03. The highest BCUT2D eigenvalue weighted by molar-refractivity contribution is 5.69. The second-order valence-corrected chi connectivity index (χ2v) is 11.1. The molecule has 2 saturated heterocycles. The van der Waals surface area contributed by atoms with Gasteiger partial charge in [-0.25, -0.2) is 4.39 Å². The Hall–Kier alpha value is -1.32. The number of halogens is 1. The van der Waals surface area contributed by atoms with Crippen molar-refractivity contribution in [2.24, 2.45) is 11.8 Å². The van der Waals surface area contributed by atoms with Crippen molar-refractivity contribution < 1.29 is 38.0 Å². The number of allylic oxidation sites excluding steroid dienone is 2. The van der Waals surface area contributed by atoms with Gasteiger partial charge in [0.1, 0.15) is 6.17 Å². The number of aliphatic hydroxyl groups excluding tert-OH is 1. The van der Waals surface area contributed by atoms with E-state index in [9.17, 15) is 9.90 Å². The van der Waals surface area contributed by atoms with Gasteiger partial charge in [0.05, 0.1) is 25.4 Å². The van der Waals surface area contributed by atoms with E-state index in [1.807, 2.05) is 12.2 Å². The average molecular weight is 555 g/mol.